The summed E-state index contributed by atoms with van der Waals surface area (Å²) in [6.07, 6.45) is 2.79. The summed E-state index contributed by atoms with van der Waals surface area (Å²) in [6.45, 7) is 2.91. The minimum Gasteiger partial charge on any atom is -0.496 e. The van der Waals surface area contributed by atoms with Crippen molar-refractivity contribution in [1.29, 1.82) is 0 Å². The Labute approximate surface area is 160 Å². The Morgan fingerprint density at radius 2 is 1.69 bits per heavy atom. The third kappa shape index (κ3) is 4.37. The number of carbonyl (C=O) groups excluding carboxylic acids is 2. The predicted octanol–water partition coefficient (Wildman–Crippen LogP) is 1.94. The summed E-state index contributed by atoms with van der Waals surface area (Å²) in [5.41, 5.74) is -0.00492. The topological polar surface area (TPSA) is 70.1 Å². The highest BCUT2D eigenvalue weighted by atomic mass is 35.5. The lowest BCUT2D eigenvalue weighted by Crippen LogP contribution is -2.43. The van der Waals surface area contributed by atoms with Gasteiger partial charge in [0.05, 0.1) is 12.7 Å². The van der Waals surface area contributed by atoms with Gasteiger partial charge in [-0.1, -0.05) is 18.2 Å². The molecular weight excluding hydrogens is 356 g/mol. The molecule has 6 nitrogen and oxygen atoms in total. The molecule has 2 aliphatic heterocycles. The standard InChI is InChI=1S/C19H26N2O4.ClH/c1-25-16-6-3-2-5-15(16)19(24)9-13-20(14-10-19)11-4-12-21-17(22)7-8-18(21)23;/h2-3,5-6,24H,4,7-14H2,1H3;1H. The van der Waals surface area contributed by atoms with E-state index in [2.05, 4.69) is 4.90 Å². The van der Waals surface area contributed by atoms with Gasteiger partial charge >= 0.3 is 0 Å². The molecule has 1 N–H and O–H groups in total. The number of hydrogen-bond donors (Lipinski definition) is 1. The number of para-hydroxylation sites is 1. The van der Waals surface area contributed by atoms with Crippen LogP contribution in [0.2, 0.25) is 0 Å². The Bertz CT molecular complexity index is 628. The molecule has 3 rings (SSSR count). The number of benzene rings is 1. The van der Waals surface area contributed by atoms with Crippen LogP contribution in [-0.4, -0.2) is 60.0 Å². The van der Waals surface area contributed by atoms with Crippen LogP contribution in [0.5, 0.6) is 5.75 Å². The Morgan fingerprint density at radius 1 is 1.08 bits per heavy atom. The highest BCUT2D eigenvalue weighted by Gasteiger charge is 2.36. The molecule has 1 aromatic rings. The fourth-order valence-electron chi connectivity index (χ4n) is 3.77. The van der Waals surface area contributed by atoms with E-state index >= 15 is 0 Å². The molecule has 26 heavy (non-hydrogen) atoms. The van der Waals surface area contributed by atoms with Crippen molar-refractivity contribution >= 4 is 24.2 Å². The number of halogens is 1. The molecule has 2 heterocycles. The SMILES string of the molecule is COc1ccccc1C1(O)CCN(CCCN2C(=O)CCC2=O)CC1.Cl. The molecular formula is C19H27ClN2O4. The zero-order valence-corrected chi connectivity index (χ0v) is 16.0. The normalized spacial score (nSPS) is 20.2. The quantitative estimate of drug-likeness (QED) is 0.761. The van der Waals surface area contributed by atoms with Gasteiger partial charge in [0.25, 0.3) is 0 Å². The van der Waals surface area contributed by atoms with Crippen molar-refractivity contribution in [1.82, 2.24) is 9.80 Å². The maximum Gasteiger partial charge on any atom is 0.229 e. The lowest BCUT2D eigenvalue weighted by Gasteiger charge is -2.39. The van der Waals surface area contributed by atoms with E-state index < -0.39 is 5.60 Å². The molecule has 2 fully saturated rings. The van der Waals surface area contributed by atoms with E-state index in [4.69, 9.17) is 4.74 Å². The molecule has 2 aliphatic rings. The van der Waals surface area contributed by atoms with Gasteiger partial charge in [-0.3, -0.25) is 14.5 Å². The predicted molar refractivity (Wildman–Crippen MR) is 100 cm³/mol. The molecule has 0 aliphatic carbocycles. The molecule has 0 radical (unpaired) electrons. The van der Waals surface area contributed by atoms with Crippen LogP contribution in [0.25, 0.3) is 0 Å². The number of methoxy groups -OCH3 is 1. The van der Waals surface area contributed by atoms with Crippen LogP contribution >= 0.6 is 12.4 Å². The van der Waals surface area contributed by atoms with Gasteiger partial charge in [-0.05, 0) is 31.9 Å². The van der Waals surface area contributed by atoms with Gasteiger partial charge in [0.2, 0.25) is 11.8 Å². The van der Waals surface area contributed by atoms with Crippen LogP contribution in [0.3, 0.4) is 0 Å². The number of carbonyl (C=O) groups is 2. The second-order valence-electron chi connectivity index (χ2n) is 6.87. The maximum absolute atomic E-state index is 11.6. The van der Waals surface area contributed by atoms with Gasteiger partial charge in [0.15, 0.2) is 0 Å². The second-order valence-corrected chi connectivity index (χ2v) is 6.87. The summed E-state index contributed by atoms with van der Waals surface area (Å²) in [5, 5.41) is 11.0. The van der Waals surface area contributed by atoms with Crippen LogP contribution < -0.4 is 4.74 Å². The molecule has 0 atom stereocenters. The third-order valence-electron chi connectivity index (χ3n) is 5.30. The van der Waals surface area contributed by atoms with Crippen LogP contribution in [0.1, 0.15) is 37.7 Å². The van der Waals surface area contributed by atoms with Crippen LogP contribution in [0.15, 0.2) is 24.3 Å². The van der Waals surface area contributed by atoms with Crippen LogP contribution in [-0.2, 0) is 15.2 Å². The highest BCUT2D eigenvalue weighted by Crippen LogP contribution is 2.37. The average molecular weight is 383 g/mol. The lowest BCUT2D eigenvalue weighted by atomic mass is 9.84. The largest absolute Gasteiger partial charge is 0.496 e. The van der Waals surface area contributed by atoms with Crippen molar-refractivity contribution in [2.75, 3.05) is 33.3 Å². The van der Waals surface area contributed by atoms with Crippen LogP contribution in [0.4, 0.5) is 0 Å². The van der Waals surface area contributed by atoms with Gasteiger partial charge in [0, 0.05) is 38.0 Å². The number of nitrogens with zero attached hydrogens (tertiary/aromatic N) is 2. The van der Waals surface area contributed by atoms with Gasteiger partial charge in [-0.15, -0.1) is 12.4 Å². The summed E-state index contributed by atoms with van der Waals surface area (Å²) in [4.78, 5) is 26.9. The number of piperidine rings is 1. The second kappa shape index (κ2) is 8.84. The minimum absolute atomic E-state index is 0. The van der Waals surface area contributed by atoms with E-state index in [1.807, 2.05) is 24.3 Å². The summed E-state index contributed by atoms with van der Waals surface area (Å²) in [5.74, 6) is 0.632. The Balaban J connectivity index is 0.00000243. The van der Waals surface area contributed by atoms with E-state index in [0.717, 1.165) is 37.4 Å². The van der Waals surface area contributed by atoms with Crippen molar-refractivity contribution in [3.63, 3.8) is 0 Å². The number of ether oxygens (including phenoxy) is 1. The third-order valence-corrected chi connectivity index (χ3v) is 5.30. The molecule has 2 saturated heterocycles. The van der Waals surface area contributed by atoms with E-state index in [0.29, 0.717) is 32.2 Å². The van der Waals surface area contributed by atoms with Crippen LogP contribution in [0, 0.1) is 0 Å². The smallest absolute Gasteiger partial charge is 0.229 e. The Hall–Kier alpha value is -1.63. The van der Waals surface area contributed by atoms with E-state index in [-0.39, 0.29) is 24.2 Å². The fourth-order valence-corrected chi connectivity index (χ4v) is 3.77. The molecule has 0 spiro atoms. The zero-order valence-electron chi connectivity index (χ0n) is 15.1. The number of imide groups is 1. The number of hydrogen-bond acceptors (Lipinski definition) is 5. The maximum atomic E-state index is 11.6. The first-order valence-electron chi connectivity index (χ1n) is 8.95. The molecule has 0 saturated carbocycles. The summed E-state index contributed by atoms with van der Waals surface area (Å²) in [6, 6.07) is 7.64. The van der Waals surface area contributed by atoms with Crippen molar-refractivity contribution < 1.29 is 19.4 Å². The molecule has 144 valence electrons. The highest BCUT2D eigenvalue weighted by molar-refractivity contribution is 6.01. The Kier molecular flexibility index (Phi) is 7.03. The number of likely N-dealkylation sites (tertiary alicyclic amines) is 2. The van der Waals surface area contributed by atoms with E-state index in [9.17, 15) is 14.7 Å². The number of rotatable bonds is 6. The molecule has 7 heteroatoms. The van der Waals surface area contributed by atoms with Crippen molar-refractivity contribution in [3.05, 3.63) is 29.8 Å². The first kappa shape index (κ1) is 20.7. The average Bonchev–Trinajstić information content (AvgIpc) is 2.95. The molecule has 0 bridgehead atoms. The molecule has 0 aromatic heterocycles. The monoisotopic (exact) mass is 382 g/mol. The van der Waals surface area contributed by atoms with Crippen molar-refractivity contribution in [2.24, 2.45) is 0 Å². The molecule has 1 aromatic carbocycles. The number of amides is 2. The van der Waals surface area contributed by atoms with Gasteiger partial charge in [-0.2, -0.15) is 0 Å². The van der Waals surface area contributed by atoms with Crippen molar-refractivity contribution in [2.45, 2.75) is 37.7 Å². The van der Waals surface area contributed by atoms with E-state index in [1.54, 1.807) is 7.11 Å². The number of aliphatic hydroxyl groups is 1. The zero-order chi connectivity index (χ0) is 17.9. The summed E-state index contributed by atoms with van der Waals surface area (Å²) < 4.78 is 5.39. The fraction of sp³-hybridized carbons (Fsp3) is 0.579. The van der Waals surface area contributed by atoms with Crippen molar-refractivity contribution in [3.8, 4) is 5.75 Å². The minimum atomic E-state index is -0.857. The van der Waals surface area contributed by atoms with Gasteiger partial charge in [-0.25, -0.2) is 0 Å². The van der Waals surface area contributed by atoms with Gasteiger partial charge in [0.1, 0.15) is 5.75 Å². The Morgan fingerprint density at radius 3 is 2.31 bits per heavy atom. The first-order chi connectivity index (χ1) is 12.0. The van der Waals surface area contributed by atoms with E-state index in [1.165, 1.54) is 4.90 Å². The summed E-state index contributed by atoms with van der Waals surface area (Å²) in [7, 11) is 1.62. The lowest BCUT2D eigenvalue weighted by molar-refractivity contribution is -0.138. The first-order valence-corrected chi connectivity index (χ1v) is 8.95. The van der Waals surface area contributed by atoms with Gasteiger partial charge < -0.3 is 14.7 Å². The molecule has 0 unspecified atom stereocenters. The summed E-state index contributed by atoms with van der Waals surface area (Å²) >= 11 is 0. The molecule has 2 amide bonds.